The highest BCUT2D eigenvalue weighted by Crippen LogP contribution is 2.36. The van der Waals surface area contributed by atoms with E-state index in [9.17, 15) is 15.2 Å². The van der Waals surface area contributed by atoms with Crippen LogP contribution in [-0.4, -0.2) is 34.5 Å². The molecule has 0 fully saturated rings. The number of phenols is 1. The second-order valence-corrected chi connectivity index (χ2v) is 4.26. The van der Waals surface area contributed by atoms with Crippen LogP contribution in [0.1, 0.15) is 19.4 Å². The number of phenolic OH excluding ortho intramolecular Hbond substituents is 1. The van der Waals surface area contributed by atoms with Crippen LogP contribution in [0.2, 0.25) is 0 Å². The van der Waals surface area contributed by atoms with Gasteiger partial charge in [0, 0.05) is 12.6 Å². The van der Waals surface area contributed by atoms with E-state index in [0.29, 0.717) is 17.2 Å². The highest BCUT2D eigenvalue weighted by molar-refractivity contribution is 7.80. The number of hydrogen-bond acceptors (Lipinski definition) is 5. The SMILES string of the molecule is CCNC(=S)N[NH+]=Cc1cc(OCC)c(O)c([N+](=O)[O-])c1. The molecule has 1 aromatic rings. The van der Waals surface area contributed by atoms with E-state index in [1.807, 2.05) is 6.92 Å². The zero-order valence-corrected chi connectivity index (χ0v) is 12.5. The molecule has 0 saturated carbocycles. The van der Waals surface area contributed by atoms with Crippen molar-refractivity contribution in [1.82, 2.24) is 10.7 Å². The molecule has 0 bridgehead atoms. The third kappa shape index (κ3) is 4.88. The fourth-order valence-electron chi connectivity index (χ4n) is 1.49. The fourth-order valence-corrected chi connectivity index (χ4v) is 1.69. The Balaban J connectivity index is 2.99. The maximum absolute atomic E-state index is 10.9. The predicted octanol–water partition coefficient (Wildman–Crippen LogP) is -0.402. The van der Waals surface area contributed by atoms with Crippen LogP contribution >= 0.6 is 12.2 Å². The first-order chi connectivity index (χ1) is 9.99. The minimum absolute atomic E-state index is 0.0500. The van der Waals surface area contributed by atoms with Gasteiger partial charge >= 0.3 is 5.69 Å². The lowest BCUT2D eigenvalue weighted by Gasteiger charge is -2.06. The molecule has 0 atom stereocenters. The van der Waals surface area contributed by atoms with Crippen LogP contribution in [0.5, 0.6) is 11.5 Å². The number of thiocarbonyl (C=S) groups is 1. The van der Waals surface area contributed by atoms with Crippen LogP contribution in [0.25, 0.3) is 0 Å². The predicted molar refractivity (Wildman–Crippen MR) is 81.5 cm³/mol. The van der Waals surface area contributed by atoms with Crippen molar-refractivity contribution in [3.63, 3.8) is 0 Å². The van der Waals surface area contributed by atoms with Crippen LogP contribution in [0.3, 0.4) is 0 Å². The number of nitro benzene ring substituents is 1. The molecule has 0 aromatic heterocycles. The Bertz CT molecular complexity index is 562. The molecule has 0 amide bonds. The van der Waals surface area contributed by atoms with Crippen LogP contribution in [-0.2, 0) is 0 Å². The molecule has 4 N–H and O–H groups in total. The summed E-state index contributed by atoms with van der Waals surface area (Å²) in [5.41, 5.74) is 2.71. The fraction of sp³-hybridized carbons (Fsp3) is 0.333. The maximum atomic E-state index is 10.9. The van der Waals surface area contributed by atoms with Gasteiger partial charge in [-0.05, 0) is 32.1 Å². The molecule has 21 heavy (non-hydrogen) atoms. The number of hydrazone groups is 1. The van der Waals surface area contributed by atoms with Crippen molar-refractivity contribution < 1.29 is 19.9 Å². The summed E-state index contributed by atoms with van der Waals surface area (Å²) in [6, 6.07) is 2.71. The number of ether oxygens (including phenoxy) is 1. The van der Waals surface area contributed by atoms with Gasteiger partial charge in [0.2, 0.25) is 10.9 Å². The van der Waals surface area contributed by atoms with Gasteiger partial charge < -0.3 is 15.2 Å². The summed E-state index contributed by atoms with van der Waals surface area (Å²) < 4.78 is 5.17. The Kier molecular flexibility index (Phi) is 6.34. The molecule has 9 heteroatoms. The van der Waals surface area contributed by atoms with E-state index in [2.05, 4.69) is 15.8 Å². The normalized spacial score (nSPS) is 10.4. The molecule has 0 heterocycles. The van der Waals surface area contributed by atoms with Crippen LogP contribution < -0.4 is 20.6 Å². The topological polar surface area (TPSA) is 111 Å². The number of hydrogen-bond donors (Lipinski definition) is 4. The molecular weight excluding hydrogens is 296 g/mol. The van der Waals surface area contributed by atoms with E-state index in [4.69, 9.17) is 17.0 Å². The van der Waals surface area contributed by atoms with Gasteiger partial charge in [-0.3, -0.25) is 10.1 Å². The van der Waals surface area contributed by atoms with E-state index >= 15 is 0 Å². The van der Waals surface area contributed by atoms with E-state index in [0.717, 1.165) is 0 Å². The molecule has 0 radical (unpaired) electrons. The van der Waals surface area contributed by atoms with Gasteiger partial charge in [0.1, 0.15) is 0 Å². The second-order valence-electron chi connectivity index (χ2n) is 3.85. The molecule has 0 aliphatic rings. The van der Waals surface area contributed by atoms with Gasteiger partial charge in [0.05, 0.1) is 17.1 Å². The monoisotopic (exact) mass is 313 g/mol. The maximum Gasteiger partial charge on any atom is 0.315 e. The summed E-state index contributed by atoms with van der Waals surface area (Å²) in [6.07, 6.45) is 1.47. The zero-order valence-electron chi connectivity index (χ0n) is 11.7. The molecule has 0 aliphatic carbocycles. The minimum Gasteiger partial charge on any atom is -0.500 e. The highest BCUT2D eigenvalue weighted by Gasteiger charge is 2.20. The first-order valence-electron chi connectivity index (χ1n) is 6.26. The number of benzene rings is 1. The first kappa shape index (κ1) is 16.6. The number of rotatable bonds is 6. The first-order valence-corrected chi connectivity index (χ1v) is 6.67. The van der Waals surface area contributed by atoms with E-state index in [-0.39, 0.29) is 12.4 Å². The second kappa shape index (κ2) is 8.00. The van der Waals surface area contributed by atoms with Gasteiger partial charge in [-0.2, -0.15) is 0 Å². The molecule has 1 rings (SSSR count). The van der Waals surface area contributed by atoms with Crippen molar-refractivity contribution >= 4 is 29.2 Å². The summed E-state index contributed by atoms with van der Waals surface area (Å²) in [5, 5.41) is 26.6. The zero-order chi connectivity index (χ0) is 15.8. The summed E-state index contributed by atoms with van der Waals surface area (Å²) in [7, 11) is 0. The van der Waals surface area contributed by atoms with Crippen molar-refractivity contribution in [2.45, 2.75) is 13.8 Å². The average molecular weight is 313 g/mol. The molecule has 0 unspecified atom stereocenters. The largest absolute Gasteiger partial charge is 0.500 e. The Labute approximate surface area is 127 Å². The molecule has 1 aromatic carbocycles. The lowest BCUT2D eigenvalue weighted by Crippen LogP contribution is -2.82. The third-order valence-electron chi connectivity index (χ3n) is 2.34. The van der Waals surface area contributed by atoms with Crippen LogP contribution in [0.4, 0.5) is 5.69 Å². The van der Waals surface area contributed by atoms with Gasteiger partial charge in [0.15, 0.2) is 12.0 Å². The summed E-state index contributed by atoms with van der Waals surface area (Å²) in [6.45, 7) is 4.57. The Hall–Kier alpha value is -2.42. The van der Waals surface area contributed by atoms with E-state index in [1.165, 1.54) is 18.3 Å². The van der Waals surface area contributed by atoms with Gasteiger partial charge in [-0.15, -0.1) is 10.5 Å². The van der Waals surface area contributed by atoms with E-state index < -0.39 is 16.4 Å². The van der Waals surface area contributed by atoms with Crippen molar-refractivity contribution in [1.29, 1.82) is 0 Å². The molecule has 0 saturated heterocycles. The number of nitro groups is 1. The van der Waals surface area contributed by atoms with Crippen LogP contribution in [0.15, 0.2) is 12.1 Å². The number of nitrogens with one attached hydrogen (secondary N) is 3. The molecular formula is C12H17N4O4S+. The van der Waals surface area contributed by atoms with Crippen molar-refractivity contribution in [2.75, 3.05) is 13.2 Å². The summed E-state index contributed by atoms with van der Waals surface area (Å²) >= 11 is 4.95. The molecule has 0 spiro atoms. The number of nitrogens with zero attached hydrogens (tertiary/aromatic N) is 1. The third-order valence-corrected chi connectivity index (χ3v) is 2.58. The van der Waals surface area contributed by atoms with Crippen LogP contribution in [0, 0.1) is 10.1 Å². The van der Waals surface area contributed by atoms with Gasteiger partial charge in [-0.1, -0.05) is 0 Å². The minimum atomic E-state index is -0.675. The Morgan fingerprint density at radius 1 is 1.57 bits per heavy atom. The number of aromatic hydroxyl groups is 1. The Morgan fingerprint density at radius 2 is 2.29 bits per heavy atom. The lowest BCUT2D eigenvalue weighted by atomic mass is 10.2. The smallest absolute Gasteiger partial charge is 0.315 e. The standard InChI is InChI=1S/C12H16N4O4S/c1-3-13-12(21)15-14-7-8-5-9(16(18)19)11(17)10(6-8)20-4-2/h5-7,17H,3-4H2,1-2H3,(H2,13,15,21)/p+1. The lowest BCUT2D eigenvalue weighted by molar-refractivity contribution is -0.500. The van der Waals surface area contributed by atoms with Gasteiger partial charge in [0.25, 0.3) is 0 Å². The van der Waals surface area contributed by atoms with Gasteiger partial charge in [-0.25, -0.2) is 0 Å². The van der Waals surface area contributed by atoms with Crippen molar-refractivity contribution in [2.24, 2.45) is 0 Å². The Morgan fingerprint density at radius 3 is 2.86 bits per heavy atom. The quantitative estimate of drug-likeness (QED) is 0.245. The molecule has 8 nitrogen and oxygen atoms in total. The molecule has 114 valence electrons. The van der Waals surface area contributed by atoms with Crippen molar-refractivity contribution in [3.05, 3.63) is 27.8 Å². The summed E-state index contributed by atoms with van der Waals surface area (Å²) in [5.74, 6) is -0.441. The summed E-state index contributed by atoms with van der Waals surface area (Å²) in [4.78, 5) is 10.2. The van der Waals surface area contributed by atoms with Crippen molar-refractivity contribution in [3.8, 4) is 11.5 Å². The van der Waals surface area contributed by atoms with E-state index in [1.54, 1.807) is 6.92 Å². The average Bonchev–Trinajstić information content (AvgIpc) is 2.42. The molecule has 0 aliphatic heterocycles. The number of hydrazine groups is 1. The highest BCUT2D eigenvalue weighted by atomic mass is 32.1.